The Bertz CT molecular complexity index is 646. The van der Waals surface area contributed by atoms with E-state index in [4.69, 9.17) is 0 Å². The Labute approximate surface area is 119 Å². The van der Waals surface area contributed by atoms with Gasteiger partial charge in [0.25, 0.3) is 5.91 Å². The van der Waals surface area contributed by atoms with Gasteiger partial charge in [-0.15, -0.1) is 0 Å². The van der Waals surface area contributed by atoms with E-state index in [1.807, 2.05) is 42.5 Å². The van der Waals surface area contributed by atoms with Crippen LogP contribution in [0.5, 0.6) is 0 Å². The van der Waals surface area contributed by atoms with Crippen molar-refractivity contribution in [1.29, 1.82) is 0 Å². The molecule has 1 aromatic heterocycles. The van der Waals surface area contributed by atoms with Crippen LogP contribution in [0.15, 0.2) is 53.6 Å². The molecule has 1 aliphatic rings. The van der Waals surface area contributed by atoms with E-state index < -0.39 is 0 Å². The summed E-state index contributed by atoms with van der Waals surface area (Å²) < 4.78 is 0.764. The number of fused-ring (bicyclic) bond motifs is 1. The van der Waals surface area contributed by atoms with Crippen molar-refractivity contribution < 1.29 is 4.79 Å². The monoisotopic (exact) mass is 314 g/mol. The lowest BCUT2D eigenvalue weighted by molar-refractivity contribution is 0.0842. The first-order valence-corrected chi connectivity index (χ1v) is 6.68. The molecule has 0 fully saturated rings. The van der Waals surface area contributed by atoms with Gasteiger partial charge >= 0.3 is 0 Å². The van der Waals surface area contributed by atoms with Crippen molar-refractivity contribution in [3.05, 3.63) is 70.5 Å². The molecule has 1 aliphatic heterocycles. The molecule has 0 radical (unpaired) electrons. The zero-order valence-electron chi connectivity index (χ0n) is 10.1. The molecule has 0 spiro atoms. The van der Waals surface area contributed by atoms with Crippen molar-refractivity contribution in [2.45, 2.75) is 6.54 Å². The highest BCUT2D eigenvalue weighted by Gasteiger charge is 2.30. The second-order valence-corrected chi connectivity index (χ2v) is 5.15. The fourth-order valence-electron chi connectivity index (χ4n) is 2.20. The number of hydrogen-bond acceptors (Lipinski definition) is 2. The summed E-state index contributed by atoms with van der Waals surface area (Å²) >= 11 is 3.33. The Morgan fingerprint density at radius 1 is 1.11 bits per heavy atom. The molecule has 3 nitrogen and oxygen atoms in total. The van der Waals surface area contributed by atoms with Gasteiger partial charge < -0.3 is 4.90 Å². The molecular weight excluding hydrogens is 304 g/mol. The number of carbonyl (C=O) groups excluding carboxylic acids is 1. The lowest BCUT2D eigenvalue weighted by Gasteiger charge is -2.16. The fraction of sp³-hybridized carbons (Fsp3) is 0.0667. The number of benzene rings is 1. The molecule has 3 rings (SSSR count). The van der Waals surface area contributed by atoms with Crippen LogP contribution in [-0.4, -0.2) is 15.8 Å². The second kappa shape index (κ2) is 4.63. The minimum Gasteiger partial charge on any atom is -0.302 e. The summed E-state index contributed by atoms with van der Waals surface area (Å²) in [6, 6.07) is 13.2. The number of amides is 1. The van der Waals surface area contributed by atoms with Gasteiger partial charge in [0, 0.05) is 16.8 Å². The number of hydrogen-bond donors (Lipinski definition) is 0. The highest BCUT2D eigenvalue weighted by molar-refractivity contribution is 9.10. The van der Waals surface area contributed by atoms with Gasteiger partial charge in [0.2, 0.25) is 0 Å². The average Bonchev–Trinajstić information content (AvgIpc) is 2.65. The number of aromatic nitrogens is 1. The third-order valence-electron chi connectivity index (χ3n) is 3.13. The number of carbonyl (C=O) groups is 1. The van der Waals surface area contributed by atoms with Gasteiger partial charge in [-0.2, -0.15) is 0 Å². The van der Waals surface area contributed by atoms with Crippen LogP contribution in [0.1, 0.15) is 21.6 Å². The van der Waals surface area contributed by atoms with Gasteiger partial charge in [-0.3, -0.25) is 4.79 Å². The van der Waals surface area contributed by atoms with Crippen LogP contribution in [-0.2, 0) is 6.54 Å². The van der Waals surface area contributed by atoms with Crippen LogP contribution >= 0.6 is 15.9 Å². The predicted molar refractivity (Wildman–Crippen MR) is 77.3 cm³/mol. The first kappa shape index (κ1) is 12.1. The van der Waals surface area contributed by atoms with Gasteiger partial charge in [0.15, 0.2) is 0 Å². The van der Waals surface area contributed by atoms with Crippen molar-refractivity contribution in [3.63, 3.8) is 0 Å². The van der Waals surface area contributed by atoms with Gasteiger partial charge in [-0.25, -0.2) is 4.98 Å². The van der Waals surface area contributed by atoms with Gasteiger partial charge in [0.05, 0.1) is 12.2 Å². The number of halogens is 1. The van der Waals surface area contributed by atoms with Crippen molar-refractivity contribution >= 4 is 27.5 Å². The largest absolute Gasteiger partial charge is 0.302 e. The minimum atomic E-state index is -0.0117. The molecular formula is C15H11BrN2O. The molecule has 94 valence electrons. The molecule has 0 aliphatic carbocycles. The SMILES string of the molecule is C=C1c2ccccc2C(=O)N1Cc1cccc(Br)n1. The van der Waals surface area contributed by atoms with Crippen LogP contribution in [0.2, 0.25) is 0 Å². The van der Waals surface area contributed by atoms with E-state index in [-0.39, 0.29) is 5.91 Å². The Kier molecular flexibility index (Phi) is 2.95. The third-order valence-corrected chi connectivity index (χ3v) is 3.57. The summed E-state index contributed by atoms with van der Waals surface area (Å²) in [4.78, 5) is 18.3. The highest BCUT2D eigenvalue weighted by atomic mass is 79.9. The summed E-state index contributed by atoms with van der Waals surface area (Å²) in [5.74, 6) is -0.0117. The second-order valence-electron chi connectivity index (χ2n) is 4.34. The predicted octanol–water partition coefficient (Wildman–Crippen LogP) is 3.47. The van der Waals surface area contributed by atoms with Crippen LogP contribution in [0.3, 0.4) is 0 Å². The topological polar surface area (TPSA) is 33.2 Å². The van der Waals surface area contributed by atoms with Gasteiger partial charge in [-0.1, -0.05) is 30.8 Å². The quantitative estimate of drug-likeness (QED) is 0.795. The van der Waals surface area contributed by atoms with Crippen molar-refractivity contribution in [3.8, 4) is 0 Å². The summed E-state index contributed by atoms with van der Waals surface area (Å²) in [6.07, 6.45) is 0. The average molecular weight is 315 g/mol. The molecule has 0 bridgehead atoms. The molecule has 4 heteroatoms. The Morgan fingerprint density at radius 2 is 1.84 bits per heavy atom. The summed E-state index contributed by atoms with van der Waals surface area (Å²) in [5.41, 5.74) is 3.18. The van der Waals surface area contributed by atoms with E-state index >= 15 is 0 Å². The molecule has 2 aromatic rings. The molecule has 0 unspecified atom stereocenters. The number of pyridine rings is 1. The van der Waals surface area contributed by atoms with Crippen LogP contribution < -0.4 is 0 Å². The first-order valence-electron chi connectivity index (χ1n) is 5.88. The normalized spacial score (nSPS) is 13.8. The number of nitrogens with zero attached hydrogens (tertiary/aromatic N) is 2. The Balaban J connectivity index is 1.92. The van der Waals surface area contributed by atoms with E-state index in [0.29, 0.717) is 12.1 Å². The zero-order valence-corrected chi connectivity index (χ0v) is 11.7. The molecule has 0 saturated heterocycles. The molecule has 2 heterocycles. The summed E-state index contributed by atoms with van der Waals surface area (Å²) in [6.45, 7) is 4.45. The van der Waals surface area contributed by atoms with Gasteiger partial charge in [0.1, 0.15) is 4.60 Å². The molecule has 1 aromatic carbocycles. The maximum Gasteiger partial charge on any atom is 0.259 e. The van der Waals surface area contributed by atoms with E-state index in [1.54, 1.807) is 4.90 Å². The van der Waals surface area contributed by atoms with Crippen molar-refractivity contribution in [1.82, 2.24) is 9.88 Å². The third kappa shape index (κ3) is 2.08. The first-order chi connectivity index (χ1) is 9.16. The van der Waals surface area contributed by atoms with Crippen LogP contribution in [0.25, 0.3) is 5.70 Å². The van der Waals surface area contributed by atoms with E-state index in [2.05, 4.69) is 27.5 Å². The maximum absolute atomic E-state index is 12.3. The Hall–Kier alpha value is -1.94. The lowest BCUT2D eigenvalue weighted by atomic mass is 10.1. The fourth-order valence-corrected chi connectivity index (χ4v) is 2.58. The molecule has 0 saturated carbocycles. The van der Waals surface area contributed by atoms with Crippen LogP contribution in [0.4, 0.5) is 0 Å². The smallest absolute Gasteiger partial charge is 0.259 e. The maximum atomic E-state index is 12.3. The lowest BCUT2D eigenvalue weighted by Crippen LogP contribution is -2.22. The molecule has 0 N–H and O–H groups in total. The molecule has 19 heavy (non-hydrogen) atoms. The minimum absolute atomic E-state index is 0.0117. The Morgan fingerprint density at radius 3 is 2.53 bits per heavy atom. The molecule has 1 amide bonds. The van der Waals surface area contributed by atoms with Crippen molar-refractivity contribution in [2.24, 2.45) is 0 Å². The standard InChI is InChI=1S/C15H11BrN2O/c1-10-12-6-2-3-7-13(12)15(19)18(10)9-11-5-4-8-14(16)17-11/h2-8H,1,9H2. The van der Waals surface area contributed by atoms with Crippen molar-refractivity contribution in [2.75, 3.05) is 0 Å². The van der Waals surface area contributed by atoms with E-state index in [9.17, 15) is 4.79 Å². The molecule has 0 atom stereocenters. The highest BCUT2D eigenvalue weighted by Crippen LogP contribution is 2.32. The van der Waals surface area contributed by atoms with E-state index in [0.717, 1.165) is 21.6 Å². The van der Waals surface area contributed by atoms with Gasteiger partial charge in [-0.05, 0) is 34.1 Å². The van der Waals surface area contributed by atoms with Crippen LogP contribution in [0, 0.1) is 0 Å². The summed E-state index contributed by atoms with van der Waals surface area (Å²) in [5, 5.41) is 0. The number of rotatable bonds is 2. The zero-order chi connectivity index (χ0) is 13.4. The van der Waals surface area contributed by atoms with E-state index in [1.165, 1.54) is 0 Å². The summed E-state index contributed by atoms with van der Waals surface area (Å²) in [7, 11) is 0.